The lowest BCUT2D eigenvalue weighted by Gasteiger charge is -2.06. The molecule has 0 saturated carbocycles. The monoisotopic (exact) mass is 325 g/mol. The molecule has 0 atom stereocenters. The van der Waals surface area contributed by atoms with E-state index in [0.29, 0.717) is 6.54 Å². The number of hydrogen-bond acceptors (Lipinski definition) is 6. The summed E-state index contributed by atoms with van der Waals surface area (Å²) < 4.78 is 0. The van der Waals surface area contributed by atoms with E-state index in [1.165, 1.54) is 18.3 Å². The van der Waals surface area contributed by atoms with Crippen molar-refractivity contribution in [1.82, 2.24) is 15.2 Å². The van der Waals surface area contributed by atoms with E-state index in [4.69, 9.17) is 0 Å². The van der Waals surface area contributed by atoms with Gasteiger partial charge in [-0.3, -0.25) is 9.78 Å². The Kier molecular flexibility index (Phi) is 4.58. The summed E-state index contributed by atoms with van der Waals surface area (Å²) in [5, 5.41) is 15.8. The summed E-state index contributed by atoms with van der Waals surface area (Å²) in [6.45, 7) is 2.09. The van der Waals surface area contributed by atoms with E-state index in [-0.39, 0.29) is 5.91 Å². The van der Waals surface area contributed by atoms with Crippen molar-refractivity contribution < 1.29 is 4.79 Å². The van der Waals surface area contributed by atoms with Gasteiger partial charge in [0, 0.05) is 25.4 Å². The van der Waals surface area contributed by atoms with Gasteiger partial charge in [0.15, 0.2) is 5.01 Å². The Balaban J connectivity index is 1.65. The molecule has 0 radical (unpaired) electrons. The van der Waals surface area contributed by atoms with Gasteiger partial charge in [0.1, 0.15) is 5.69 Å². The van der Waals surface area contributed by atoms with E-state index in [1.54, 1.807) is 6.20 Å². The lowest BCUT2D eigenvalue weighted by atomic mass is 10.2. The SMILES string of the molecule is CC(=O)Nc1cccc(CNc2nnc(-c3ccccn3)s2)c1. The van der Waals surface area contributed by atoms with E-state index < -0.39 is 0 Å². The lowest BCUT2D eigenvalue weighted by molar-refractivity contribution is -0.114. The third-order valence-electron chi connectivity index (χ3n) is 3.00. The number of aromatic nitrogens is 3. The minimum absolute atomic E-state index is 0.0840. The number of hydrogen-bond donors (Lipinski definition) is 2. The van der Waals surface area contributed by atoms with Crippen molar-refractivity contribution >= 4 is 28.1 Å². The third-order valence-corrected chi connectivity index (χ3v) is 3.90. The number of anilines is 2. The van der Waals surface area contributed by atoms with E-state index in [0.717, 1.165) is 27.1 Å². The van der Waals surface area contributed by atoms with Crippen LogP contribution in [0.2, 0.25) is 0 Å². The molecule has 2 N–H and O–H groups in total. The van der Waals surface area contributed by atoms with Crippen LogP contribution in [0.25, 0.3) is 10.7 Å². The standard InChI is InChI=1S/C16H15N5OS/c1-11(22)19-13-6-4-5-12(9-13)10-18-16-21-20-15(23-16)14-7-2-3-8-17-14/h2-9H,10H2,1H3,(H,18,21)(H,19,22). The summed E-state index contributed by atoms with van der Waals surface area (Å²) in [5.74, 6) is -0.0840. The van der Waals surface area contributed by atoms with Crippen LogP contribution in [-0.2, 0) is 11.3 Å². The van der Waals surface area contributed by atoms with Gasteiger partial charge >= 0.3 is 0 Å². The lowest BCUT2D eigenvalue weighted by Crippen LogP contribution is -2.06. The van der Waals surface area contributed by atoms with Crippen molar-refractivity contribution in [3.8, 4) is 10.7 Å². The van der Waals surface area contributed by atoms with Crippen LogP contribution in [-0.4, -0.2) is 21.1 Å². The molecule has 7 heteroatoms. The number of amides is 1. The Hall–Kier alpha value is -2.80. The van der Waals surface area contributed by atoms with Gasteiger partial charge < -0.3 is 10.6 Å². The smallest absolute Gasteiger partial charge is 0.221 e. The first-order chi connectivity index (χ1) is 11.2. The fraction of sp³-hybridized carbons (Fsp3) is 0.125. The van der Waals surface area contributed by atoms with Gasteiger partial charge in [-0.15, -0.1) is 10.2 Å². The predicted octanol–water partition coefficient (Wildman–Crippen LogP) is 3.17. The second-order valence-corrected chi connectivity index (χ2v) is 5.84. The molecule has 1 amide bonds. The number of carbonyl (C=O) groups is 1. The molecule has 3 rings (SSSR count). The molecule has 0 aliphatic carbocycles. The molecule has 0 bridgehead atoms. The van der Waals surface area contributed by atoms with E-state index in [1.807, 2.05) is 42.5 Å². The normalized spacial score (nSPS) is 10.3. The highest BCUT2D eigenvalue weighted by Gasteiger charge is 2.07. The highest BCUT2D eigenvalue weighted by Crippen LogP contribution is 2.24. The van der Waals surface area contributed by atoms with E-state index in [2.05, 4.69) is 25.8 Å². The number of nitrogens with one attached hydrogen (secondary N) is 2. The van der Waals surface area contributed by atoms with Crippen LogP contribution in [0.4, 0.5) is 10.8 Å². The summed E-state index contributed by atoms with van der Waals surface area (Å²) in [5.41, 5.74) is 2.64. The van der Waals surface area contributed by atoms with Crippen LogP contribution in [0.3, 0.4) is 0 Å². The van der Waals surface area contributed by atoms with Crippen molar-refractivity contribution in [2.45, 2.75) is 13.5 Å². The van der Waals surface area contributed by atoms with Gasteiger partial charge in [0.2, 0.25) is 11.0 Å². The van der Waals surface area contributed by atoms with Crippen LogP contribution in [0.15, 0.2) is 48.7 Å². The molecule has 0 saturated heterocycles. The van der Waals surface area contributed by atoms with Gasteiger partial charge in [-0.25, -0.2) is 0 Å². The molecule has 0 fully saturated rings. The van der Waals surface area contributed by atoms with Gasteiger partial charge in [-0.2, -0.15) is 0 Å². The summed E-state index contributed by atoms with van der Waals surface area (Å²) in [6.07, 6.45) is 1.73. The summed E-state index contributed by atoms with van der Waals surface area (Å²) >= 11 is 1.45. The molecule has 2 aromatic heterocycles. The van der Waals surface area contributed by atoms with Gasteiger partial charge in [0.25, 0.3) is 0 Å². The minimum atomic E-state index is -0.0840. The van der Waals surface area contributed by atoms with Crippen molar-refractivity contribution in [2.75, 3.05) is 10.6 Å². The molecule has 0 aliphatic heterocycles. The van der Waals surface area contributed by atoms with Crippen molar-refractivity contribution in [2.24, 2.45) is 0 Å². The summed E-state index contributed by atoms with van der Waals surface area (Å²) in [6, 6.07) is 13.4. The third kappa shape index (κ3) is 4.10. The Morgan fingerprint density at radius 2 is 2.09 bits per heavy atom. The van der Waals surface area contributed by atoms with Crippen LogP contribution in [0, 0.1) is 0 Å². The summed E-state index contributed by atoms with van der Waals surface area (Å²) in [4.78, 5) is 15.4. The molecule has 6 nitrogen and oxygen atoms in total. The molecular formula is C16H15N5OS. The molecular weight excluding hydrogens is 310 g/mol. The van der Waals surface area contributed by atoms with Gasteiger partial charge in [0.05, 0.1) is 0 Å². The second kappa shape index (κ2) is 6.97. The van der Waals surface area contributed by atoms with Crippen molar-refractivity contribution in [3.63, 3.8) is 0 Å². The Labute approximate surface area is 137 Å². The average Bonchev–Trinajstić information content (AvgIpc) is 3.02. The van der Waals surface area contributed by atoms with Gasteiger partial charge in [-0.05, 0) is 29.8 Å². The van der Waals surface area contributed by atoms with Crippen LogP contribution in [0.1, 0.15) is 12.5 Å². The fourth-order valence-corrected chi connectivity index (χ4v) is 2.74. The number of rotatable bonds is 5. The molecule has 2 heterocycles. The average molecular weight is 325 g/mol. The maximum atomic E-state index is 11.1. The maximum Gasteiger partial charge on any atom is 0.221 e. The Morgan fingerprint density at radius 1 is 1.17 bits per heavy atom. The minimum Gasteiger partial charge on any atom is -0.356 e. The zero-order chi connectivity index (χ0) is 16.1. The van der Waals surface area contributed by atoms with Crippen molar-refractivity contribution in [3.05, 3.63) is 54.2 Å². The van der Waals surface area contributed by atoms with E-state index >= 15 is 0 Å². The molecule has 0 spiro atoms. The highest BCUT2D eigenvalue weighted by atomic mass is 32.1. The molecule has 1 aromatic carbocycles. The Morgan fingerprint density at radius 3 is 2.87 bits per heavy atom. The van der Waals surface area contributed by atoms with Crippen LogP contribution >= 0.6 is 11.3 Å². The first-order valence-corrected chi connectivity index (χ1v) is 7.88. The number of carbonyl (C=O) groups excluding carboxylic acids is 1. The molecule has 0 unspecified atom stereocenters. The largest absolute Gasteiger partial charge is 0.356 e. The fourth-order valence-electron chi connectivity index (χ4n) is 2.03. The quantitative estimate of drug-likeness (QED) is 0.753. The molecule has 3 aromatic rings. The zero-order valence-electron chi connectivity index (χ0n) is 12.5. The maximum absolute atomic E-state index is 11.1. The number of pyridine rings is 1. The summed E-state index contributed by atoms with van der Waals surface area (Å²) in [7, 11) is 0. The highest BCUT2D eigenvalue weighted by molar-refractivity contribution is 7.18. The second-order valence-electron chi connectivity index (χ2n) is 4.86. The predicted molar refractivity (Wildman–Crippen MR) is 91.2 cm³/mol. The first kappa shape index (κ1) is 15.1. The molecule has 0 aliphatic rings. The zero-order valence-corrected chi connectivity index (χ0v) is 13.3. The number of nitrogens with zero attached hydrogens (tertiary/aromatic N) is 3. The topological polar surface area (TPSA) is 79.8 Å². The first-order valence-electron chi connectivity index (χ1n) is 7.06. The van der Waals surface area contributed by atoms with Gasteiger partial charge in [-0.1, -0.05) is 29.5 Å². The van der Waals surface area contributed by atoms with Crippen LogP contribution < -0.4 is 10.6 Å². The van der Waals surface area contributed by atoms with Crippen LogP contribution in [0.5, 0.6) is 0 Å². The number of benzene rings is 1. The molecule has 116 valence electrons. The Bertz CT molecular complexity index is 803. The van der Waals surface area contributed by atoms with E-state index in [9.17, 15) is 4.79 Å². The molecule has 23 heavy (non-hydrogen) atoms. The van der Waals surface area contributed by atoms with Crippen molar-refractivity contribution in [1.29, 1.82) is 0 Å².